The van der Waals surface area contributed by atoms with Gasteiger partial charge in [0.05, 0.1) is 5.69 Å². The summed E-state index contributed by atoms with van der Waals surface area (Å²) in [5, 5.41) is 6.68. The molecule has 1 aromatic heterocycles. The molecule has 0 atom stereocenters. The number of aromatic nitrogens is 2. The summed E-state index contributed by atoms with van der Waals surface area (Å²) in [5.74, 6) is -0.458. The van der Waals surface area contributed by atoms with Crippen molar-refractivity contribution in [2.75, 3.05) is 19.8 Å². The van der Waals surface area contributed by atoms with Crippen molar-refractivity contribution in [2.24, 2.45) is 0 Å². The van der Waals surface area contributed by atoms with E-state index < -0.39 is 24.2 Å². The predicted octanol–water partition coefficient (Wildman–Crippen LogP) is 2.00. The van der Waals surface area contributed by atoms with Gasteiger partial charge in [-0.15, -0.1) is 0 Å². The molecule has 0 saturated heterocycles. The second-order valence-electron chi connectivity index (χ2n) is 5.45. The molecular weight excluding hydrogens is 351 g/mol. The highest BCUT2D eigenvalue weighted by atomic mass is 19.4. The minimum atomic E-state index is -4.36. The first-order valence-electron chi connectivity index (χ1n) is 7.90. The molecule has 0 aliphatic rings. The minimum absolute atomic E-state index is 0.124. The van der Waals surface area contributed by atoms with Gasteiger partial charge in [-0.05, 0) is 12.5 Å². The molecule has 2 aromatic rings. The van der Waals surface area contributed by atoms with Crippen LogP contribution in [0, 0.1) is 0 Å². The lowest BCUT2D eigenvalue weighted by atomic mass is 10.1. The van der Waals surface area contributed by atoms with Crippen molar-refractivity contribution < 1.29 is 22.7 Å². The number of rotatable bonds is 8. The Morgan fingerprint density at radius 2 is 1.88 bits per heavy atom. The molecule has 140 valence electrons. The number of alkyl halides is 3. The number of amides is 1. The monoisotopic (exact) mass is 369 g/mol. The highest BCUT2D eigenvalue weighted by Gasteiger charge is 2.27. The second kappa shape index (κ2) is 9.14. The van der Waals surface area contributed by atoms with Gasteiger partial charge in [0.1, 0.15) is 13.2 Å². The zero-order chi connectivity index (χ0) is 19.0. The average Bonchev–Trinajstić information content (AvgIpc) is 2.60. The normalized spacial score (nSPS) is 11.3. The number of carbonyl (C=O) groups excluding carboxylic acids is 1. The molecular formula is C17H18F3N3O3. The van der Waals surface area contributed by atoms with Crippen LogP contribution in [-0.2, 0) is 16.1 Å². The van der Waals surface area contributed by atoms with Crippen molar-refractivity contribution in [3.8, 4) is 11.3 Å². The van der Waals surface area contributed by atoms with E-state index in [1.165, 1.54) is 6.07 Å². The van der Waals surface area contributed by atoms with Crippen molar-refractivity contribution >= 4 is 5.91 Å². The number of nitrogens with one attached hydrogen (secondary N) is 1. The van der Waals surface area contributed by atoms with Crippen LogP contribution in [0.2, 0.25) is 0 Å². The van der Waals surface area contributed by atoms with Gasteiger partial charge >= 0.3 is 6.18 Å². The smallest absolute Gasteiger partial charge is 0.372 e. The first-order chi connectivity index (χ1) is 12.3. The van der Waals surface area contributed by atoms with Crippen molar-refractivity contribution in [1.29, 1.82) is 0 Å². The third kappa shape index (κ3) is 6.67. The Balaban J connectivity index is 1.82. The number of nitrogens with zero attached hydrogens (tertiary/aromatic N) is 2. The minimum Gasteiger partial charge on any atom is -0.372 e. The lowest BCUT2D eigenvalue weighted by Gasteiger charge is -2.09. The number of benzene rings is 1. The summed E-state index contributed by atoms with van der Waals surface area (Å²) < 4.78 is 41.2. The average molecular weight is 369 g/mol. The zero-order valence-corrected chi connectivity index (χ0v) is 13.8. The molecule has 0 fully saturated rings. The predicted molar refractivity (Wildman–Crippen MR) is 88.4 cm³/mol. The van der Waals surface area contributed by atoms with Crippen LogP contribution in [0.25, 0.3) is 11.3 Å². The van der Waals surface area contributed by atoms with Gasteiger partial charge in [-0.3, -0.25) is 9.59 Å². The zero-order valence-electron chi connectivity index (χ0n) is 13.8. The maximum atomic E-state index is 11.9. The molecule has 2 rings (SSSR count). The Morgan fingerprint density at radius 3 is 2.58 bits per heavy atom. The van der Waals surface area contributed by atoms with Crippen LogP contribution in [0.5, 0.6) is 0 Å². The first kappa shape index (κ1) is 19.6. The molecule has 0 aliphatic heterocycles. The van der Waals surface area contributed by atoms with E-state index in [0.717, 1.165) is 10.2 Å². The van der Waals surface area contributed by atoms with E-state index in [9.17, 15) is 22.8 Å². The molecule has 6 nitrogen and oxygen atoms in total. The molecule has 0 radical (unpaired) electrons. The van der Waals surface area contributed by atoms with Gasteiger partial charge in [0.2, 0.25) is 5.91 Å². The Bertz CT molecular complexity index is 776. The lowest BCUT2D eigenvalue weighted by Crippen LogP contribution is -2.34. The fourth-order valence-electron chi connectivity index (χ4n) is 2.11. The molecule has 1 aromatic carbocycles. The number of hydrogen-bond donors (Lipinski definition) is 1. The van der Waals surface area contributed by atoms with Crippen molar-refractivity contribution in [3.63, 3.8) is 0 Å². The molecule has 9 heteroatoms. The molecule has 1 amide bonds. The summed E-state index contributed by atoms with van der Waals surface area (Å²) in [7, 11) is 0. The van der Waals surface area contributed by atoms with Gasteiger partial charge in [-0.2, -0.15) is 18.3 Å². The van der Waals surface area contributed by atoms with Crippen LogP contribution >= 0.6 is 0 Å². The van der Waals surface area contributed by atoms with Crippen LogP contribution in [-0.4, -0.2) is 41.6 Å². The van der Waals surface area contributed by atoms with Gasteiger partial charge in [0.25, 0.3) is 5.56 Å². The Hall–Kier alpha value is -2.68. The van der Waals surface area contributed by atoms with Gasteiger partial charge < -0.3 is 10.1 Å². The van der Waals surface area contributed by atoms with E-state index >= 15 is 0 Å². The molecule has 1 heterocycles. The van der Waals surface area contributed by atoms with Gasteiger partial charge in [-0.25, -0.2) is 4.68 Å². The quantitative estimate of drug-likeness (QED) is 0.723. The third-order valence-corrected chi connectivity index (χ3v) is 3.28. The lowest BCUT2D eigenvalue weighted by molar-refractivity contribution is -0.174. The van der Waals surface area contributed by atoms with Gasteiger partial charge in [-0.1, -0.05) is 30.3 Å². The maximum Gasteiger partial charge on any atom is 0.411 e. The van der Waals surface area contributed by atoms with E-state index in [1.807, 2.05) is 30.3 Å². The fraction of sp³-hybridized carbons (Fsp3) is 0.353. The van der Waals surface area contributed by atoms with Crippen molar-refractivity contribution in [1.82, 2.24) is 15.1 Å². The second-order valence-corrected chi connectivity index (χ2v) is 5.45. The van der Waals surface area contributed by atoms with Crippen LogP contribution in [0.1, 0.15) is 6.42 Å². The maximum absolute atomic E-state index is 11.9. The summed E-state index contributed by atoms with van der Waals surface area (Å²) in [6.45, 7) is -1.57. The number of carbonyl (C=O) groups is 1. The summed E-state index contributed by atoms with van der Waals surface area (Å²) in [5.41, 5.74) is 0.940. The number of halogens is 3. The highest BCUT2D eigenvalue weighted by molar-refractivity contribution is 5.75. The van der Waals surface area contributed by atoms with Crippen LogP contribution in [0.15, 0.2) is 47.3 Å². The fourth-order valence-corrected chi connectivity index (χ4v) is 2.11. The molecule has 26 heavy (non-hydrogen) atoms. The summed E-state index contributed by atoms with van der Waals surface area (Å²) >= 11 is 0. The number of ether oxygens (including phenoxy) is 1. The summed E-state index contributed by atoms with van der Waals surface area (Å²) in [6.07, 6.45) is -4.13. The highest BCUT2D eigenvalue weighted by Crippen LogP contribution is 2.14. The van der Waals surface area contributed by atoms with Crippen LogP contribution < -0.4 is 10.9 Å². The van der Waals surface area contributed by atoms with Gasteiger partial charge in [0, 0.05) is 24.8 Å². The SMILES string of the molecule is O=C(Cn1nc(-c2ccccc2)ccc1=O)NCCCOCC(F)(F)F. The Kier molecular flexibility index (Phi) is 6.90. The largest absolute Gasteiger partial charge is 0.411 e. The van der Waals surface area contributed by atoms with E-state index in [2.05, 4.69) is 15.2 Å². The molecule has 0 spiro atoms. The molecule has 1 N–H and O–H groups in total. The topological polar surface area (TPSA) is 73.2 Å². The molecule has 0 bridgehead atoms. The summed E-state index contributed by atoms with van der Waals surface area (Å²) in [6, 6.07) is 12.1. The van der Waals surface area contributed by atoms with Crippen molar-refractivity contribution in [3.05, 3.63) is 52.8 Å². The Morgan fingerprint density at radius 1 is 1.15 bits per heavy atom. The number of hydrogen-bond acceptors (Lipinski definition) is 4. The standard InChI is InChI=1S/C17H18F3N3O3/c18-17(19,20)12-26-10-4-9-21-15(24)11-23-16(25)8-7-14(22-23)13-5-2-1-3-6-13/h1-3,5-8H,4,9-12H2,(H,21,24). The Labute approximate surface area is 147 Å². The van der Waals surface area contributed by atoms with E-state index in [0.29, 0.717) is 5.69 Å². The molecule has 0 saturated carbocycles. The van der Waals surface area contributed by atoms with Crippen LogP contribution in [0.3, 0.4) is 0 Å². The van der Waals surface area contributed by atoms with Crippen molar-refractivity contribution in [2.45, 2.75) is 19.1 Å². The third-order valence-electron chi connectivity index (χ3n) is 3.28. The summed E-state index contributed by atoms with van der Waals surface area (Å²) in [4.78, 5) is 23.7. The molecule has 0 aliphatic carbocycles. The van der Waals surface area contributed by atoms with Crippen LogP contribution in [0.4, 0.5) is 13.2 Å². The van der Waals surface area contributed by atoms with E-state index in [-0.39, 0.29) is 26.1 Å². The van der Waals surface area contributed by atoms with E-state index in [1.54, 1.807) is 6.07 Å². The van der Waals surface area contributed by atoms with Gasteiger partial charge in [0.15, 0.2) is 0 Å². The molecule has 0 unspecified atom stereocenters. The first-order valence-corrected chi connectivity index (χ1v) is 7.90. The van der Waals surface area contributed by atoms with E-state index in [4.69, 9.17) is 0 Å².